The van der Waals surface area contributed by atoms with Crippen LogP contribution in [0.25, 0.3) is 0 Å². The van der Waals surface area contributed by atoms with E-state index < -0.39 is 0 Å². The molecule has 0 fully saturated rings. The fourth-order valence-electron chi connectivity index (χ4n) is 0.666. The van der Waals surface area contributed by atoms with Crippen LogP contribution in [0.4, 0.5) is 9.80 Å². The van der Waals surface area contributed by atoms with Crippen LogP contribution in [0.2, 0.25) is 0 Å². The third-order valence-corrected chi connectivity index (χ3v) is 1.81. The summed E-state index contributed by atoms with van der Waals surface area (Å²) in [4.78, 5) is 11.1. The van der Waals surface area contributed by atoms with Crippen LogP contribution in [0, 0.1) is 0 Å². The molecule has 0 aromatic carbocycles. The van der Waals surface area contributed by atoms with Crippen LogP contribution in [-0.2, 0) is 0 Å². The quantitative estimate of drug-likeness (QED) is 0.565. The summed E-state index contributed by atoms with van der Waals surface area (Å²) in [6.07, 6.45) is 4.00. The van der Waals surface area contributed by atoms with E-state index >= 15 is 0 Å². The molecule has 0 aliphatic carbocycles. The lowest BCUT2D eigenvalue weighted by Crippen LogP contribution is -2.28. The Morgan fingerprint density at radius 2 is 2.62 bits per heavy atom. The molecule has 6 heteroatoms. The van der Waals surface area contributed by atoms with Crippen molar-refractivity contribution in [2.24, 2.45) is 0 Å². The van der Waals surface area contributed by atoms with E-state index in [2.05, 4.69) is 26.8 Å². The maximum Gasteiger partial charge on any atom is 0.319 e. The molecule has 0 atom stereocenters. The van der Waals surface area contributed by atoms with Crippen molar-refractivity contribution < 1.29 is 4.79 Å². The van der Waals surface area contributed by atoms with Crippen LogP contribution in [0.5, 0.6) is 0 Å². The number of hydrogen-bond acceptors (Lipinski definition) is 4. The highest BCUT2D eigenvalue weighted by Crippen LogP contribution is 2.07. The Kier molecular flexibility index (Phi) is 3.90. The van der Waals surface area contributed by atoms with Gasteiger partial charge in [0.05, 0.1) is 6.20 Å². The Hall–Kier alpha value is -1.43. The van der Waals surface area contributed by atoms with E-state index in [1.807, 2.05) is 0 Å². The number of carbonyl (C=O) groups excluding carboxylic acids is 1. The monoisotopic (exact) mass is 198 g/mol. The fourth-order valence-corrected chi connectivity index (χ4v) is 1.08. The highest BCUT2D eigenvalue weighted by Gasteiger charge is 2.01. The van der Waals surface area contributed by atoms with E-state index in [0.29, 0.717) is 11.5 Å². The van der Waals surface area contributed by atoms with Gasteiger partial charge in [-0.25, -0.2) is 4.79 Å². The van der Waals surface area contributed by atoms with Gasteiger partial charge in [-0.15, -0.1) is 11.7 Å². The summed E-state index contributed by atoms with van der Waals surface area (Å²) in [6.45, 7) is 4.13. The number of anilines is 1. The summed E-state index contributed by atoms with van der Waals surface area (Å²) >= 11 is 1.14. The van der Waals surface area contributed by atoms with E-state index in [-0.39, 0.29) is 6.03 Å². The number of rotatable bonds is 4. The van der Waals surface area contributed by atoms with Crippen LogP contribution < -0.4 is 10.6 Å². The molecule has 5 nitrogen and oxygen atoms in total. The first-order valence-electron chi connectivity index (χ1n) is 3.76. The van der Waals surface area contributed by atoms with Crippen molar-refractivity contribution in [2.75, 3.05) is 11.9 Å². The molecule has 70 valence electrons. The van der Waals surface area contributed by atoms with Gasteiger partial charge in [0, 0.05) is 18.1 Å². The normalized spacial score (nSPS) is 9.23. The van der Waals surface area contributed by atoms with Crippen LogP contribution in [0.1, 0.15) is 6.42 Å². The van der Waals surface area contributed by atoms with Gasteiger partial charge in [-0.2, -0.15) is 0 Å². The van der Waals surface area contributed by atoms with E-state index in [9.17, 15) is 4.79 Å². The van der Waals surface area contributed by atoms with Gasteiger partial charge >= 0.3 is 6.03 Å². The third kappa shape index (κ3) is 3.66. The fraction of sp³-hybridized carbons (Fsp3) is 0.286. The van der Waals surface area contributed by atoms with Crippen LogP contribution in [0.3, 0.4) is 0 Å². The van der Waals surface area contributed by atoms with Crippen molar-refractivity contribution >= 4 is 22.6 Å². The second-order valence-corrected chi connectivity index (χ2v) is 3.03. The topological polar surface area (TPSA) is 66.9 Å². The average molecular weight is 198 g/mol. The second kappa shape index (κ2) is 5.26. The Bertz CT molecular complexity index is 272. The van der Waals surface area contributed by atoms with Gasteiger partial charge in [-0.1, -0.05) is 10.6 Å². The number of nitrogens with zero attached hydrogens (tertiary/aromatic N) is 2. The zero-order valence-electron chi connectivity index (χ0n) is 6.99. The molecule has 0 unspecified atom stereocenters. The average Bonchev–Trinajstić information content (AvgIpc) is 2.57. The van der Waals surface area contributed by atoms with Crippen molar-refractivity contribution in [3.8, 4) is 0 Å². The molecule has 0 aliphatic rings. The lowest BCUT2D eigenvalue weighted by Gasteiger charge is -2.02. The third-order valence-electron chi connectivity index (χ3n) is 1.23. The van der Waals surface area contributed by atoms with E-state index in [1.165, 1.54) is 6.20 Å². The van der Waals surface area contributed by atoms with Gasteiger partial charge in [-0.05, 0) is 6.42 Å². The van der Waals surface area contributed by atoms with Gasteiger partial charge < -0.3 is 5.32 Å². The Morgan fingerprint density at radius 1 is 1.77 bits per heavy atom. The van der Waals surface area contributed by atoms with E-state index in [0.717, 1.165) is 18.0 Å². The maximum absolute atomic E-state index is 11.1. The molecule has 0 radical (unpaired) electrons. The Morgan fingerprint density at radius 3 is 3.23 bits per heavy atom. The number of urea groups is 1. The van der Waals surface area contributed by atoms with Crippen LogP contribution in [-0.4, -0.2) is 22.2 Å². The van der Waals surface area contributed by atoms with Crippen molar-refractivity contribution in [3.05, 3.63) is 18.9 Å². The Labute approximate surface area is 80.0 Å². The van der Waals surface area contributed by atoms with Gasteiger partial charge in [0.25, 0.3) is 0 Å². The molecule has 0 aliphatic heterocycles. The summed E-state index contributed by atoms with van der Waals surface area (Å²) in [5.41, 5.74) is 0. The minimum Gasteiger partial charge on any atom is -0.338 e. The molecular weight excluding hydrogens is 188 g/mol. The summed E-state index contributed by atoms with van der Waals surface area (Å²) < 4.78 is 3.60. The SMILES string of the molecule is C=CCCNC(=O)Nc1cnns1. The molecule has 0 spiro atoms. The number of nitrogens with one attached hydrogen (secondary N) is 2. The van der Waals surface area contributed by atoms with Gasteiger partial charge in [-0.3, -0.25) is 5.32 Å². The Balaban J connectivity index is 2.22. The van der Waals surface area contributed by atoms with Crippen LogP contribution >= 0.6 is 11.5 Å². The predicted molar refractivity (Wildman–Crippen MR) is 51.7 cm³/mol. The number of aromatic nitrogens is 2. The minimum atomic E-state index is -0.243. The standard InChI is InChI=1S/C7H10N4OS/c1-2-3-4-8-7(12)10-6-5-9-11-13-6/h2,5H,1,3-4H2,(H2,8,10,12). The molecule has 13 heavy (non-hydrogen) atoms. The first-order chi connectivity index (χ1) is 6.33. The lowest BCUT2D eigenvalue weighted by molar-refractivity contribution is 0.252. The molecule has 2 N–H and O–H groups in total. The largest absolute Gasteiger partial charge is 0.338 e. The first-order valence-corrected chi connectivity index (χ1v) is 4.53. The van der Waals surface area contributed by atoms with Crippen molar-refractivity contribution in [2.45, 2.75) is 6.42 Å². The zero-order valence-corrected chi connectivity index (χ0v) is 7.80. The molecule has 0 bridgehead atoms. The maximum atomic E-state index is 11.1. The zero-order chi connectivity index (χ0) is 9.52. The van der Waals surface area contributed by atoms with Crippen molar-refractivity contribution in [1.82, 2.24) is 14.9 Å². The molecule has 2 amide bonds. The van der Waals surface area contributed by atoms with E-state index in [1.54, 1.807) is 6.08 Å². The predicted octanol–water partition coefficient (Wildman–Crippen LogP) is 1.24. The molecule has 1 rings (SSSR count). The summed E-state index contributed by atoms with van der Waals surface area (Å²) in [7, 11) is 0. The number of carbonyl (C=O) groups is 1. The smallest absolute Gasteiger partial charge is 0.319 e. The van der Waals surface area contributed by atoms with Crippen LogP contribution in [0.15, 0.2) is 18.9 Å². The summed E-state index contributed by atoms with van der Waals surface area (Å²) in [6, 6.07) is -0.243. The first kappa shape index (κ1) is 9.66. The molecule has 1 heterocycles. The highest BCUT2D eigenvalue weighted by molar-refractivity contribution is 7.10. The summed E-state index contributed by atoms with van der Waals surface area (Å²) in [5, 5.41) is 9.46. The number of hydrogen-bond donors (Lipinski definition) is 2. The van der Waals surface area contributed by atoms with Gasteiger partial charge in [0.2, 0.25) is 0 Å². The molecule has 1 aromatic heterocycles. The van der Waals surface area contributed by atoms with Crippen molar-refractivity contribution in [1.29, 1.82) is 0 Å². The minimum absolute atomic E-state index is 0.243. The summed E-state index contributed by atoms with van der Waals surface area (Å²) in [5.74, 6) is 0. The molecule has 0 saturated heterocycles. The van der Waals surface area contributed by atoms with Crippen molar-refractivity contribution in [3.63, 3.8) is 0 Å². The number of amides is 2. The highest BCUT2D eigenvalue weighted by atomic mass is 32.1. The molecule has 1 aromatic rings. The lowest BCUT2D eigenvalue weighted by atomic mass is 10.4. The molecule has 0 saturated carbocycles. The second-order valence-electron chi connectivity index (χ2n) is 2.24. The van der Waals surface area contributed by atoms with Gasteiger partial charge in [0.1, 0.15) is 5.00 Å². The molecular formula is C7H10N4OS. The van der Waals surface area contributed by atoms with Gasteiger partial charge in [0.15, 0.2) is 0 Å². The van der Waals surface area contributed by atoms with E-state index in [4.69, 9.17) is 0 Å².